The normalized spacial score (nSPS) is 20.2. The molecule has 0 radical (unpaired) electrons. The molecule has 2 aliphatic rings. The third-order valence-electron chi connectivity index (χ3n) is 6.98. The topological polar surface area (TPSA) is 58.6 Å². The molecule has 1 atom stereocenters. The monoisotopic (exact) mass is 434 g/mol. The number of carbonyl (C=O) groups excluding carboxylic acids is 2. The van der Waals surface area contributed by atoms with Gasteiger partial charge in [-0.1, -0.05) is 48.5 Å². The van der Waals surface area contributed by atoms with Crippen LogP contribution in [-0.2, 0) is 20.7 Å². The standard InChI is InChI=1S/C27H34N2O3/c1-3-28-26(31)27(13-15-29(16-14-27)25(30)24-12-7-17-32-24)19-21-9-6-10-22(18-21)23-11-5-4-8-20(23)2/h4-6,8-11,18,24H,3,7,12-17,19H2,1-2H3,(H,28,31). The molecular formula is C27H34N2O3. The minimum Gasteiger partial charge on any atom is -0.368 e. The zero-order valence-electron chi connectivity index (χ0n) is 19.2. The van der Waals surface area contributed by atoms with E-state index in [4.69, 9.17) is 4.74 Å². The van der Waals surface area contributed by atoms with E-state index in [9.17, 15) is 9.59 Å². The van der Waals surface area contributed by atoms with Gasteiger partial charge in [0.15, 0.2) is 0 Å². The zero-order valence-corrected chi connectivity index (χ0v) is 19.2. The fourth-order valence-electron chi connectivity index (χ4n) is 5.10. The SMILES string of the molecule is CCNC(=O)C1(Cc2cccc(-c3ccccc3C)c2)CCN(C(=O)C2CCCO2)CC1. The maximum atomic E-state index is 13.2. The quantitative estimate of drug-likeness (QED) is 0.744. The number of amides is 2. The Morgan fingerprint density at radius 1 is 1.12 bits per heavy atom. The molecule has 4 rings (SSSR count). The molecule has 5 heteroatoms. The van der Waals surface area contributed by atoms with Crippen molar-refractivity contribution < 1.29 is 14.3 Å². The van der Waals surface area contributed by atoms with Gasteiger partial charge in [-0.15, -0.1) is 0 Å². The van der Waals surface area contributed by atoms with Crippen LogP contribution in [0.4, 0.5) is 0 Å². The summed E-state index contributed by atoms with van der Waals surface area (Å²) in [5, 5.41) is 3.06. The molecule has 2 saturated heterocycles. The van der Waals surface area contributed by atoms with Crippen molar-refractivity contribution >= 4 is 11.8 Å². The molecule has 1 unspecified atom stereocenters. The van der Waals surface area contributed by atoms with Gasteiger partial charge in [0.25, 0.3) is 5.91 Å². The molecule has 2 aromatic rings. The molecule has 2 amide bonds. The number of carbonyl (C=O) groups is 2. The maximum absolute atomic E-state index is 13.2. The number of hydrogen-bond donors (Lipinski definition) is 1. The highest BCUT2D eigenvalue weighted by Gasteiger charge is 2.43. The van der Waals surface area contributed by atoms with E-state index < -0.39 is 5.41 Å². The van der Waals surface area contributed by atoms with E-state index in [0.717, 1.165) is 18.4 Å². The van der Waals surface area contributed by atoms with Gasteiger partial charge in [-0.3, -0.25) is 9.59 Å². The van der Waals surface area contributed by atoms with Gasteiger partial charge < -0.3 is 15.0 Å². The Hall–Kier alpha value is -2.66. The lowest BCUT2D eigenvalue weighted by molar-refractivity contribution is -0.146. The molecule has 2 aromatic carbocycles. The van der Waals surface area contributed by atoms with E-state index in [-0.39, 0.29) is 17.9 Å². The summed E-state index contributed by atoms with van der Waals surface area (Å²) >= 11 is 0. The molecule has 32 heavy (non-hydrogen) atoms. The highest BCUT2D eigenvalue weighted by Crippen LogP contribution is 2.37. The number of rotatable bonds is 6. The van der Waals surface area contributed by atoms with Gasteiger partial charge in [-0.05, 0) is 68.2 Å². The minimum atomic E-state index is -0.492. The van der Waals surface area contributed by atoms with Crippen LogP contribution in [0.3, 0.4) is 0 Å². The van der Waals surface area contributed by atoms with E-state index in [1.807, 2.05) is 11.8 Å². The second kappa shape index (κ2) is 9.86. The van der Waals surface area contributed by atoms with Crippen LogP contribution < -0.4 is 5.32 Å². The largest absolute Gasteiger partial charge is 0.368 e. The van der Waals surface area contributed by atoms with Crippen LogP contribution in [0.5, 0.6) is 0 Å². The second-order valence-electron chi connectivity index (χ2n) is 9.16. The third-order valence-corrected chi connectivity index (χ3v) is 6.98. The van der Waals surface area contributed by atoms with Crippen LogP contribution in [0.25, 0.3) is 11.1 Å². The van der Waals surface area contributed by atoms with Crippen molar-refractivity contribution in [2.75, 3.05) is 26.2 Å². The van der Waals surface area contributed by atoms with Crippen molar-refractivity contribution in [3.63, 3.8) is 0 Å². The second-order valence-corrected chi connectivity index (χ2v) is 9.16. The van der Waals surface area contributed by atoms with Crippen molar-refractivity contribution in [2.45, 2.75) is 52.1 Å². The molecule has 2 fully saturated rings. The summed E-state index contributed by atoms with van der Waals surface area (Å²) in [6.45, 7) is 6.58. The van der Waals surface area contributed by atoms with Crippen molar-refractivity contribution in [2.24, 2.45) is 5.41 Å². The molecule has 0 aliphatic carbocycles. The highest BCUT2D eigenvalue weighted by molar-refractivity contribution is 5.85. The Kier molecular flexibility index (Phi) is 6.95. The lowest BCUT2D eigenvalue weighted by atomic mass is 9.72. The molecule has 2 heterocycles. The minimum absolute atomic E-state index is 0.0912. The summed E-state index contributed by atoms with van der Waals surface area (Å²) < 4.78 is 5.60. The van der Waals surface area contributed by atoms with E-state index in [1.54, 1.807) is 0 Å². The Morgan fingerprint density at radius 2 is 1.91 bits per heavy atom. The predicted molar refractivity (Wildman–Crippen MR) is 126 cm³/mol. The van der Waals surface area contributed by atoms with Gasteiger partial charge in [0.2, 0.25) is 5.91 Å². The Bertz CT molecular complexity index is 957. The van der Waals surface area contributed by atoms with Gasteiger partial charge >= 0.3 is 0 Å². The van der Waals surface area contributed by atoms with Gasteiger partial charge in [0.05, 0.1) is 5.41 Å². The summed E-state index contributed by atoms with van der Waals surface area (Å²) in [6.07, 6.45) is 3.49. The van der Waals surface area contributed by atoms with E-state index in [0.29, 0.717) is 45.5 Å². The first-order chi connectivity index (χ1) is 15.5. The highest BCUT2D eigenvalue weighted by atomic mass is 16.5. The number of nitrogens with zero attached hydrogens (tertiary/aromatic N) is 1. The van der Waals surface area contributed by atoms with Crippen LogP contribution in [-0.4, -0.2) is 49.1 Å². The molecule has 2 aliphatic heterocycles. The molecule has 0 spiro atoms. The summed E-state index contributed by atoms with van der Waals surface area (Å²) in [4.78, 5) is 27.9. The van der Waals surface area contributed by atoms with Crippen molar-refractivity contribution in [3.05, 3.63) is 59.7 Å². The van der Waals surface area contributed by atoms with Crippen LogP contribution in [0.15, 0.2) is 48.5 Å². The first kappa shape index (κ1) is 22.5. The number of aryl methyl sites for hydroxylation is 1. The fraction of sp³-hybridized carbons (Fsp3) is 0.481. The van der Waals surface area contributed by atoms with Crippen LogP contribution in [0.2, 0.25) is 0 Å². The Balaban J connectivity index is 1.53. The Labute approximate surface area is 191 Å². The van der Waals surface area contributed by atoms with Crippen LogP contribution in [0.1, 0.15) is 43.7 Å². The Morgan fingerprint density at radius 3 is 2.59 bits per heavy atom. The molecule has 1 N–H and O–H groups in total. The molecular weight excluding hydrogens is 400 g/mol. The van der Waals surface area contributed by atoms with E-state index in [1.165, 1.54) is 16.7 Å². The summed E-state index contributed by atoms with van der Waals surface area (Å²) in [5.74, 6) is 0.194. The number of ether oxygens (including phenoxy) is 1. The van der Waals surface area contributed by atoms with Crippen LogP contribution in [0, 0.1) is 12.3 Å². The van der Waals surface area contributed by atoms with Crippen molar-refractivity contribution in [1.82, 2.24) is 10.2 Å². The third kappa shape index (κ3) is 4.73. The zero-order chi connectivity index (χ0) is 22.6. The van der Waals surface area contributed by atoms with E-state index >= 15 is 0 Å². The van der Waals surface area contributed by atoms with Crippen molar-refractivity contribution in [3.8, 4) is 11.1 Å². The first-order valence-corrected chi connectivity index (χ1v) is 11.9. The number of hydrogen-bond acceptors (Lipinski definition) is 3. The number of likely N-dealkylation sites (tertiary alicyclic amines) is 1. The summed E-state index contributed by atoms with van der Waals surface area (Å²) in [5.41, 5.74) is 4.31. The number of piperidine rings is 1. The average Bonchev–Trinajstić information content (AvgIpc) is 3.35. The van der Waals surface area contributed by atoms with Gasteiger partial charge in [-0.2, -0.15) is 0 Å². The number of benzene rings is 2. The number of nitrogens with one attached hydrogen (secondary N) is 1. The van der Waals surface area contributed by atoms with E-state index in [2.05, 4.69) is 60.8 Å². The summed E-state index contributed by atoms with van der Waals surface area (Å²) in [6, 6.07) is 16.9. The molecule has 0 saturated carbocycles. The molecule has 0 bridgehead atoms. The van der Waals surface area contributed by atoms with Gasteiger partial charge in [-0.25, -0.2) is 0 Å². The predicted octanol–water partition coefficient (Wildman–Crippen LogP) is 4.13. The van der Waals surface area contributed by atoms with Gasteiger partial charge in [0, 0.05) is 26.2 Å². The molecule has 170 valence electrons. The molecule has 0 aromatic heterocycles. The maximum Gasteiger partial charge on any atom is 0.251 e. The van der Waals surface area contributed by atoms with Crippen LogP contribution >= 0.6 is 0 Å². The summed E-state index contributed by atoms with van der Waals surface area (Å²) in [7, 11) is 0. The lowest BCUT2D eigenvalue weighted by Gasteiger charge is -2.41. The first-order valence-electron chi connectivity index (χ1n) is 11.9. The fourth-order valence-corrected chi connectivity index (χ4v) is 5.10. The van der Waals surface area contributed by atoms with Crippen molar-refractivity contribution in [1.29, 1.82) is 0 Å². The smallest absolute Gasteiger partial charge is 0.251 e. The van der Waals surface area contributed by atoms with Gasteiger partial charge in [0.1, 0.15) is 6.10 Å². The molecule has 5 nitrogen and oxygen atoms in total. The average molecular weight is 435 g/mol. The lowest BCUT2D eigenvalue weighted by Crippen LogP contribution is -2.52.